The third kappa shape index (κ3) is 62.9. The lowest BCUT2D eigenvalue weighted by Gasteiger charge is -2.11. The van der Waals surface area contributed by atoms with Gasteiger partial charge in [0.25, 0.3) is 0 Å². The van der Waals surface area contributed by atoms with Crippen LogP contribution in [0, 0.1) is 0 Å². The molecule has 0 N–H and O–H groups in total. The molecule has 0 radical (unpaired) electrons. The van der Waals surface area contributed by atoms with Crippen LogP contribution in [0.2, 0.25) is 25.2 Å². The first-order chi connectivity index (χ1) is 22.5. The first-order valence-corrected chi connectivity index (χ1v) is 30.6. The lowest BCUT2D eigenvalue weighted by Crippen LogP contribution is -2.14. The second-order valence-corrected chi connectivity index (χ2v) is 31.0. The van der Waals surface area contributed by atoms with Crippen molar-refractivity contribution in [2.24, 2.45) is 0 Å². The summed E-state index contributed by atoms with van der Waals surface area (Å²) in [6.45, 7) is 9.10. The molecule has 0 spiro atoms. The SMILES string of the molecule is CCCCCCCCCCCCCCCCCC[Si](C)(C)Cl.CCCCCCCCCCCCCCCCCC[Si](Cl)(Cl)Cl.O=[Si]=O. The first-order valence-electron chi connectivity index (χ1n) is 20.3. The van der Waals surface area contributed by atoms with E-state index in [1.54, 1.807) is 0 Å². The van der Waals surface area contributed by atoms with Crippen LogP contribution in [0.1, 0.15) is 219 Å². The predicted molar refractivity (Wildman–Crippen MR) is 222 cm³/mol. The molecule has 0 rings (SSSR count). The van der Waals surface area contributed by atoms with Gasteiger partial charge < -0.3 is 0 Å². The summed E-state index contributed by atoms with van der Waals surface area (Å²) < 4.78 is 16.8. The van der Waals surface area contributed by atoms with Gasteiger partial charge in [-0.2, -0.15) is 11.1 Å². The average Bonchev–Trinajstić information content (AvgIpc) is 3.00. The van der Waals surface area contributed by atoms with Crippen molar-refractivity contribution in [1.29, 1.82) is 0 Å². The third-order valence-electron chi connectivity index (χ3n) is 8.94. The van der Waals surface area contributed by atoms with Gasteiger partial charge >= 0.3 is 15.3 Å². The Labute approximate surface area is 318 Å². The van der Waals surface area contributed by atoms with E-state index < -0.39 is 22.7 Å². The number of hydrogen-bond acceptors (Lipinski definition) is 2. The number of unbranched alkanes of at least 4 members (excludes halogenated alkanes) is 30. The van der Waals surface area contributed by atoms with Gasteiger partial charge in [-0.25, -0.2) is 0 Å². The minimum absolute atomic E-state index is 0.829. The van der Waals surface area contributed by atoms with Gasteiger partial charge in [-0.3, -0.25) is 8.92 Å². The molecular weight excluding hydrogens is 714 g/mol. The van der Waals surface area contributed by atoms with Gasteiger partial charge in [0.05, 0.1) is 0 Å². The summed E-state index contributed by atoms with van der Waals surface area (Å²) in [5.74, 6) is 0. The molecule has 0 aromatic carbocycles. The van der Waals surface area contributed by atoms with E-state index in [2.05, 4.69) is 26.9 Å². The summed E-state index contributed by atoms with van der Waals surface area (Å²) in [4.78, 5) is 0. The van der Waals surface area contributed by atoms with Crippen LogP contribution in [-0.4, -0.2) is 22.7 Å². The summed E-state index contributed by atoms with van der Waals surface area (Å²) in [6.07, 6.45) is 45.3. The molecule has 0 amide bonds. The molecule has 0 aromatic rings. The Kier molecular flexibility index (Phi) is 48.9. The van der Waals surface area contributed by atoms with Crippen molar-refractivity contribution in [1.82, 2.24) is 0 Å². The Morgan fingerprint density at radius 1 is 0.340 bits per heavy atom. The van der Waals surface area contributed by atoms with Crippen LogP contribution in [0.4, 0.5) is 0 Å². The first kappa shape index (κ1) is 52.8. The van der Waals surface area contributed by atoms with Gasteiger partial charge in [0.15, 0.2) is 0 Å². The highest BCUT2D eigenvalue weighted by atomic mass is 35.8. The zero-order chi connectivity index (χ0) is 35.7. The summed E-state index contributed by atoms with van der Waals surface area (Å²) >= 11 is 23.9. The fourth-order valence-electron chi connectivity index (χ4n) is 5.97. The van der Waals surface area contributed by atoms with Gasteiger partial charge in [0.2, 0.25) is 0 Å². The van der Waals surface area contributed by atoms with Crippen LogP contribution in [0.15, 0.2) is 0 Å². The molecule has 0 saturated carbocycles. The predicted octanol–water partition coefficient (Wildman–Crippen LogP) is 17.0. The molecule has 0 aliphatic heterocycles. The van der Waals surface area contributed by atoms with E-state index in [0.717, 1.165) is 12.5 Å². The van der Waals surface area contributed by atoms with E-state index in [1.165, 1.54) is 205 Å². The highest BCUT2D eigenvalue weighted by Crippen LogP contribution is 2.27. The molecule has 0 fully saturated rings. The number of hydrogen-bond donors (Lipinski definition) is 0. The summed E-state index contributed by atoms with van der Waals surface area (Å²) in [5.41, 5.74) is 0. The van der Waals surface area contributed by atoms with Crippen molar-refractivity contribution in [3.05, 3.63) is 0 Å². The van der Waals surface area contributed by atoms with Crippen LogP contribution < -0.4 is 0 Å². The molecule has 2 nitrogen and oxygen atoms in total. The van der Waals surface area contributed by atoms with Crippen molar-refractivity contribution < 1.29 is 8.92 Å². The summed E-state index contributed by atoms with van der Waals surface area (Å²) in [5, 5.41) is 0. The molecular formula is C38H80Cl4O2Si3. The van der Waals surface area contributed by atoms with Crippen molar-refractivity contribution in [3.8, 4) is 0 Å². The molecule has 0 saturated heterocycles. The highest BCUT2D eigenvalue weighted by molar-refractivity contribution is 7.64. The molecule has 47 heavy (non-hydrogen) atoms. The smallest absolute Gasteiger partial charge is 0.274 e. The van der Waals surface area contributed by atoms with Gasteiger partial charge in [-0.05, 0) is 12.1 Å². The normalized spacial score (nSPS) is 11.4. The molecule has 0 aromatic heterocycles. The minimum atomic E-state index is -2.35. The molecule has 0 aliphatic rings. The van der Waals surface area contributed by atoms with E-state index in [9.17, 15) is 0 Å². The van der Waals surface area contributed by atoms with Crippen LogP contribution >= 0.6 is 44.3 Å². The van der Waals surface area contributed by atoms with Gasteiger partial charge in [-0.15, -0.1) is 33.2 Å². The van der Waals surface area contributed by atoms with E-state index in [0.29, 0.717) is 0 Å². The van der Waals surface area contributed by atoms with Crippen LogP contribution in [0.5, 0.6) is 0 Å². The van der Waals surface area contributed by atoms with Crippen molar-refractivity contribution in [2.45, 2.75) is 244 Å². The van der Waals surface area contributed by atoms with Crippen LogP contribution in [0.3, 0.4) is 0 Å². The quantitative estimate of drug-likeness (QED) is 0.0369. The number of rotatable bonds is 34. The van der Waals surface area contributed by atoms with Crippen molar-refractivity contribution in [2.75, 3.05) is 0 Å². The summed E-state index contributed by atoms with van der Waals surface area (Å²) in [7, 11) is -2.71. The van der Waals surface area contributed by atoms with E-state index in [-0.39, 0.29) is 0 Å². The minimum Gasteiger partial charge on any atom is -0.274 e. The molecule has 0 unspecified atom stereocenters. The zero-order valence-corrected chi connectivity index (χ0v) is 37.9. The Morgan fingerprint density at radius 3 is 0.681 bits per heavy atom. The second-order valence-electron chi connectivity index (χ2n) is 14.5. The molecule has 0 heterocycles. The second kappa shape index (κ2) is 43.6. The highest BCUT2D eigenvalue weighted by Gasteiger charge is 2.23. The maximum Gasteiger partial charge on any atom is 0.549 e. The van der Waals surface area contributed by atoms with E-state index in [4.69, 9.17) is 53.2 Å². The lowest BCUT2D eigenvalue weighted by atomic mass is 10.0. The van der Waals surface area contributed by atoms with Crippen molar-refractivity contribution in [3.63, 3.8) is 0 Å². The molecule has 9 heteroatoms. The Balaban J connectivity index is -0.000000759. The maximum absolute atomic E-state index is 8.40. The van der Waals surface area contributed by atoms with E-state index >= 15 is 0 Å². The number of halogens is 4. The van der Waals surface area contributed by atoms with Crippen LogP contribution in [-0.2, 0) is 8.92 Å². The maximum atomic E-state index is 8.40. The fraction of sp³-hybridized carbons (Fsp3) is 1.00. The van der Waals surface area contributed by atoms with Gasteiger partial charge in [0.1, 0.15) is 7.38 Å². The Bertz CT molecular complexity index is 565. The third-order valence-corrected chi connectivity index (χ3v) is 13.7. The van der Waals surface area contributed by atoms with Crippen molar-refractivity contribution >= 4 is 67.0 Å². The van der Waals surface area contributed by atoms with Crippen LogP contribution in [0.25, 0.3) is 0 Å². The molecule has 284 valence electrons. The Hall–Kier alpha value is 1.41. The zero-order valence-electron chi connectivity index (χ0n) is 31.9. The van der Waals surface area contributed by atoms with E-state index in [1.807, 2.05) is 0 Å². The molecule has 0 bridgehead atoms. The largest absolute Gasteiger partial charge is 0.549 e. The van der Waals surface area contributed by atoms with Gasteiger partial charge in [0, 0.05) is 0 Å². The topological polar surface area (TPSA) is 34.1 Å². The van der Waals surface area contributed by atoms with Gasteiger partial charge in [-0.1, -0.05) is 232 Å². The lowest BCUT2D eigenvalue weighted by molar-refractivity contribution is 0.497. The monoisotopic (exact) mass is 792 g/mol. The standard InChI is InChI=1S/C20H43ClSi.C18H37Cl3Si.O2Si/c1-4-5-6-7-8-9-10-11-12-13-14-15-16-17-18-19-20-22(2,3)21;1-2-3-4-5-6-7-8-9-10-11-12-13-14-15-16-17-18-22(19,20)21;1-3-2/h4-20H2,1-3H3;2-18H2,1H3;. The average molecular weight is 795 g/mol. The molecule has 0 atom stereocenters. The Morgan fingerprint density at radius 2 is 0.511 bits per heavy atom. The fourth-order valence-corrected chi connectivity index (χ4v) is 9.31. The molecule has 0 aliphatic carbocycles. The summed E-state index contributed by atoms with van der Waals surface area (Å²) in [6, 6.07) is -0.220.